The van der Waals surface area contributed by atoms with E-state index < -0.39 is 10.8 Å². The van der Waals surface area contributed by atoms with Gasteiger partial charge in [-0.15, -0.1) is 11.8 Å². The van der Waals surface area contributed by atoms with Crippen LogP contribution in [0.1, 0.15) is 16.2 Å². The van der Waals surface area contributed by atoms with Crippen molar-refractivity contribution >= 4 is 23.4 Å². The second-order valence-corrected chi connectivity index (χ2v) is 4.68. The number of para-hydroxylation sites is 1. The highest BCUT2D eigenvalue weighted by molar-refractivity contribution is 7.98. The summed E-state index contributed by atoms with van der Waals surface area (Å²) in [5, 5.41) is 14.4. The highest BCUT2D eigenvalue weighted by Gasteiger charge is 2.15. The number of nitrogens with one attached hydrogen (secondary N) is 1. The summed E-state index contributed by atoms with van der Waals surface area (Å²) in [6.45, 7) is 0. The van der Waals surface area contributed by atoms with Gasteiger partial charge in [-0.25, -0.2) is 5.84 Å². The van der Waals surface area contributed by atoms with Crippen molar-refractivity contribution in [2.24, 2.45) is 5.84 Å². The van der Waals surface area contributed by atoms with Crippen LogP contribution in [0.25, 0.3) is 0 Å². The number of benzene rings is 1. The van der Waals surface area contributed by atoms with Crippen molar-refractivity contribution in [3.8, 4) is 0 Å². The number of hydrazine groups is 1. The summed E-state index contributed by atoms with van der Waals surface area (Å²) < 4.78 is 4.95. The zero-order valence-electron chi connectivity index (χ0n) is 10.1. The van der Waals surface area contributed by atoms with Crippen LogP contribution in [-0.2, 0) is 5.75 Å². The normalized spacial score (nSPS) is 10.2. The summed E-state index contributed by atoms with van der Waals surface area (Å²) in [4.78, 5) is 22.1. The Morgan fingerprint density at radius 1 is 1.50 bits per heavy atom. The lowest BCUT2D eigenvalue weighted by Crippen LogP contribution is -2.30. The number of nitrogen functional groups attached to an aromatic ring is 1. The minimum absolute atomic E-state index is 0.0249. The first-order valence-electron chi connectivity index (χ1n) is 5.44. The minimum atomic E-state index is -0.560. The maximum atomic E-state index is 11.2. The molecule has 3 N–H and O–H groups in total. The van der Waals surface area contributed by atoms with E-state index in [9.17, 15) is 14.9 Å². The number of nitro groups is 1. The monoisotopic (exact) mass is 294 g/mol. The van der Waals surface area contributed by atoms with Gasteiger partial charge in [-0.05, 0) is 6.07 Å². The molecule has 0 spiro atoms. The zero-order valence-corrected chi connectivity index (χ0v) is 10.9. The lowest BCUT2D eigenvalue weighted by atomic mass is 10.3. The molecule has 0 atom stereocenters. The van der Waals surface area contributed by atoms with E-state index in [0.717, 1.165) is 0 Å². The van der Waals surface area contributed by atoms with Crippen LogP contribution in [0, 0.1) is 10.1 Å². The molecule has 0 saturated carbocycles. The van der Waals surface area contributed by atoms with Gasteiger partial charge in [-0.3, -0.25) is 20.3 Å². The fraction of sp³-hybridized carbons (Fsp3) is 0.0909. The molecule has 0 unspecified atom stereocenters. The summed E-state index contributed by atoms with van der Waals surface area (Å²) in [6, 6.07) is 7.82. The van der Waals surface area contributed by atoms with E-state index in [1.165, 1.54) is 23.9 Å². The molecule has 8 nitrogen and oxygen atoms in total. The van der Waals surface area contributed by atoms with Gasteiger partial charge in [-0.2, -0.15) is 0 Å². The number of nitrogens with two attached hydrogens (primary N) is 1. The molecule has 9 heteroatoms. The Morgan fingerprint density at radius 2 is 2.25 bits per heavy atom. The second kappa shape index (κ2) is 6.17. The van der Waals surface area contributed by atoms with Crippen LogP contribution in [0.15, 0.2) is 39.8 Å². The number of aromatic nitrogens is 1. The topological polar surface area (TPSA) is 124 Å². The van der Waals surface area contributed by atoms with Gasteiger partial charge in [0.2, 0.25) is 0 Å². The van der Waals surface area contributed by atoms with E-state index in [-0.39, 0.29) is 11.4 Å². The molecule has 0 aliphatic rings. The summed E-state index contributed by atoms with van der Waals surface area (Å²) in [5.74, 6) is 5.15. The van der Waals surface area contributed by atoms with Crippen molar-refractivity contribution in [3.63, 3.8) is 0 Å². The van der Waals surface area contributed by atoms with Crippen molar-refractivity contribution in [2.45, 2.75) is 10.6 Å². The Kier molecular flexibility index (Phi) is 4.33. The van der Waals surface area contributed by atoms with E-state index in [1.807, 2.05) is 5.43 Å². The van der Waals surface area contributed by atoms with Gasteiger partial charge in [-0.1, -0.05) is 17.3 Å². The second-order valence-electron chi connectivity index (χ2n) is 3.67. The highest BCUT2D eigenvalue weighted by Crippen LogP contribution is 2.31. The van der Waals surface area contributed by atoms with Crippen molar-refractivity contribution in [1.82, 2.24) is 10.6 Å². The standard InChI is InChI=1S/C11H10N4O4S/c12-13-11(16)8-5-7(19-14-8)6-20-10-4-2-1-3-9(10)15(17)18/h1-5H,6,12H2,(H,13,16). The number of rotatable bonds is 5. The number of carbonyl (C=O) groups excluding carboxylic acids is 1. The van der Waals surface area contributed by atoms with E-state index in [2.05, 4.69) is 5.16 Å². The molecule has 0 aliphatic heterocycles. The van der Waals surface area contributed by atoms with E-state index in [4.69, 9.17) is 10.4 Å². The first kappa shape index (κ1) is 14.0. The van der Waals surface area contributed by atoms with Gasteiger partial charge in [0, 0.05) is 12.1 Å². The number of amides is 1. The van der Waals surface area contributed by atoms with Crippen LogP contribution < -0.4 is 11.3 Å². The first-order valence-corrected chi connectivity index (χ1v) is 6.43. The number of thioether (sulfide) groups is 1. The number of hydrogen-bond acceptors (Lipinski definition) is 7. The molecule has 2 aromatic rings. The lowest BCUT2D eigenvalue weighted by molar-refractivity contribution is -0.387. The summed E-state index contributed by atoms with van der Waals surface area (Å²) in [6.07, 6.45) is 0. The molecule has 0 radical (unpaired) electrons. The molecule has 0 fully saturated rings. The summed E-state index contributed by atoms with van der Waals surface area (Å²) in [5.41, 5.74) is 2.02. The third-order valence-corrected chi connectivity index (χ3v) is 3.44. The van der Waals surface area contributed by atoms with Gasteiger partial charge in [0.1, 0.15) is 5.76 Å². The van der Waals surface area contributed by atoms with Gasteiger partial charge in [0.25, 0.3) is 11.6 Å². The molecule has 0 bridgehead atoms. The van der Waals surface area contributed by atoms with Crippen LogP contribution >= 0.6 is 11.8 Å². The van der Waals surface area contributed by atoms with E-state index in [1.54, 1.807) is 18.2 Å². The summed E-state index contributed by atoms with van der Waals surface area (Å²) >= 11 is 1.22. The SMILES string of the molecule is NNC(=O)c1cc(CSc2ccccc2[N+](=O)[O-])on1. The lowest BCUT2D eigenvalue weighted by Gasteiger charge is -2.00. The number of hydrogen-bond donors (Lipinski definition) is 2. The van der Waals surface area contributed by atoms with Gasteiger partial charge in [0.05, 0.1) is 15.6 Å². The van der Waals surface area contributed by atoms with Crippen LogP contribution in [0.2, 0.25) is 0 Å². The largest absolute Gasteiger partial charge is 0.360 e. The molecule has 20 heavy (non-hydrogen) atoms. The van der Waals surface area contributed by atoms with Crippen LogP contribution in [0.5, 0.6) is 0 Å². The van der Waals surface area contributed by atoms with Gasteiger partial charge in [0.15, 0.2) is 5.69 Å². The predicted octanol–water partition coefficient (Wildman–Crippen LogP) is 1.48. The summed E-state index contributed by atoms with van der Waals surface area (Å²) in [7, 11) is 0. The third-order valence-electron chi connectivity index (χ3n) is 2.35. The average molecular weight is 294 g/mol. The van der Waals surface area contributed by atoms with Crippen molar-refractivity contribution in [3.05, 3.63) is 51.9 Å². The fourth-order valence-electron chi connectivity index (χ4n) is 1.44. The van der Waals surface area contributed by atoms with Crippen molar-refractivity contribution < 1.29 is 14.2 Å². The maximum absolute atomic E-state index is 11.2. The highest BCUT2D eigenvalue weighted by atomic mass is 32.2. The average Bonchev–Trinajstić information content (AvgIpc) is 2.93. The Hall–Kier alpha value is -2.39. The number of nitro benzene ring substituents is 1. The van der Waals surface area contributed by atoms with E-state index in [0.29, 0.717) is 16.4 Å². The Labute approximate surface area is 117 Å². The van der Waals surface area contributed by atoms with Gasteiger partial charge < -0.3 is 4.52 Å². The molecule has 2 rings (SSSR count). The van der Waals surface area contributed by atoms with E-state index >= 15 is 0 Å². The van der Waals surface area contributed by atoms with Crippen LogP contribution in [0.3, 0.4) is 0 Å². The Bertz CT molecular complexity index is 643. The number of nitrogens with zero attached hydrogens (tertiary/aromatic N) is 2. The van der Waals surface area contributed by atoms with Crippen LogP contribution in [-0.4, -0.2) is 16.0 Å². The minimum Gasteiger partial charge on any atom is -0.360 e. The molecule has 1 aromatic carbocycles. The molecule has 1 aromatic heterocycles. The molecule has 0 saturated heterocycles. The first-order chi connectivity index (χ1) is 9.61. The fourth-order valence-corrected chi connectivity index (χ4v) is 2.34. The molecule has 104 valence electrons. The van der Waals surface area contributed by atoms with Gasteiger partial charge >= 0.3 is 0 Å². The smallest absolute Gasteiger partial charge is 0.287 e. The quantitative estimate of drug-likeness (QED) is 0.281. The predicted molar refractivity (Wildman–Crippen MR) is 70.8 cm³/mol. The molecule has 1 amide bonds. The number of carbonyl (C=O) groups is 1. The Morgan fingerprint density at radius 3 is 2.95 bits per heavy atom. The maximum Gasteiger partial charge on any atom is 0.287 e. The Balaban J connectivity index is 2.07. The van der Waals surface area contributed by atoms with Crippen molar-refractivity contribution in [1.29, 1.82) is 0 Å². The molecular formula is C11H10N4O4S. The molecule has 0 aliphatic carbocycles. The molecule has 1 heterocycles. The van der Waals surface area contributed by atoms with Crippen molar-refractivity contribution in [2.75, 3.05) is 0 Å². The zero-order chi connectivity index (χ0) is 14.5. The molecular weight excluding hydrogens is 284 g/mol. The van der Waals surface area contributed by atoms with Crippen LogP contribution in [0.4, 0.5) is 5.69 Å². The third kappa shape index (κ3) is 3.13.